The third-order valence-corrected chi connectivity index (χ3v) is 4.93. The second-order valence-corrected chi connectivity index (χ2v) is 7.01. The van der Waals surface area contributed by atoms with Gasteiger partial charge in [-0.1, -0.05) is 11.6 Å². The van der Waals surface area contributed by atoms with Crippen LogP contribution in [0.5, 0.6) is 0 Å². The number of nitrogens with one attached hydrogen (secondary N) is 1. The van der Waals surface area contributed by atoms with Gasteiger partial charge < -0.3 is 15.0 Å². The van der Waals surface area contributed by atoms with Crippen molar-refractivity contribution in [3.05, 3.63) is 65.1 Å². The second kappa shape index (κ2) is 7.05. The summed E-state index contributed by atoms with van der Waals surface area (Å²) in [5, 5.41) is 13.1. The number of carbonyl (C=O) groups is 1. The molecule has 28 heavy (non-hydrogen) atoms. The minimum atomic E-state index is -0.195. The Morgan fingerprint density at radius 3 is 2.64 bits per heavy atom. The first-order chi connectivity index (χ1) is 13.5. The average Bonchev–Trinajstić information content (AvgIpc) is 2.96. The number of anilines is 1. The van der Waals surface area contributed by atoms with Crippen LogP contribution in [0.1, 0.15) is 27.4 Å². The van der Waals surface area contributed by atoms with Crippen molar-refractivity contribution in [1.29, 1.82) is 0 Å². The quantitative estimate of drug-likeness (QED) is 0.570. The topological polar surface area (TPSA) is 80.0 Å². The highest BCUT2D eigenvalue weighted by Gasteiger charge is 2.14. The molecule has 0 bridgehead atoms. The Balaban J connectivity index is 1.66. The highest BCUT2D eigenvalue weighted by atomic mass is 16.3. The van der Waals surface area contributed by atoms with E-state index in [-0.39, 0.29) is 12.5 Å². The Bertz CT molecular complexity index is 1210. The molecule has 142 valence electrons. The third kappa shape index (κ3) is 3.23. The largest absolute Gasteiger partial charge is 0.395 e. The summed E-state index contributed by atoms with van der Waals surface area (Å²) in [6.07, 6.45) is 0. The van der Waals surface area contributed by atoms with Gasteiger partial charge in [0.25, 0.3) is 5.91 Å². The van der Waals surface area contributed by atoms with Crippen LogP contribution >= 0.6 is 0 Å². The van der Waals surface area contributed by atoms with E-state index in [2.05, 4.69) is 15.3 Å². The van der Waals surface area contributed by atoms with Gasteiger partial charge in [0.1, 0.15) is 5.82 Å². The number of pyridine rings is 1. The maximum absolute atomic E-state index is 12.9. The Labute approximate surface area is 162 Å². The summed E-state index contributed by atoms with van der Waals surface area (Å²) in [7, 11) is 0. The number of carbonyl (C=O) groups excluding carboxylic acids is 1. The Morgan fingerprint density at radius 1 is 1.04 bits per heavy atom. The number of imidazole rings is 1. The van der Waals surface area contributed by atoms with Crippen LogP contribution < -0.4 is 5.32 Å². The second-order valence-electron chi connectivity index (χ2n) is 7.01. The van der Waals surface area contributed by atoms with E-state index < -0.39 is 0 Å². The number of aromatic nitrogens is 3. The molecule has 0 aliphatic carbocycles. The van der Waals surface area contributed by atoms with E-state index in [0.717, 1.165) is 33.3 Å². The number of aliphatic hydroxyl groups is 1. The molecular formula is C22H22N4O2. The van der Waals surface area contributed by atoms with Crippen molar-refractivity contribution in [2.24, 2.45) is 0 Å². The summed E-state index contributed by atoms with van der Waals surface area (Å²) in [5.74, 6) is 0.636. The van der Waals surface area contributed by atoms with Crippen LogP contribution in [-0.4, -0.2) is 32.2 Å². The first-order valence-corrected chi connectivity index (χ1v) is 9.23. The lowest BCUT2D eigenvalue weighted by atomic mass is 10.1. The van der Waals surface area contributed by atoms with E-state index in [1.807, 2.05) is 67.8 Å². The van der Waals surface area contributed by atoms with Crippen molar-refractivity contribution in [2.75, 3.05) is 11.9 Å². The van der Waals surface area contributed by atoms with E-state index in [4.69, 9.17) is 0 Å². The van der Waals surface area contributed by atoms with Gasteiger partial charge in [0.2, 0.25) is 0 Å². The molecule has 4 aromatic rings. The first-order valence-electron chi connectivity index (χ1n) is 9.23. The fraction of sp³-hybridized carbons (Fsp3) is 0.227. The fourth-order valence-electron chi connectivity index (χ4n) is 3.53. The highest BCUT2D eigenvalue weighted by Crippen LogP contribution is 2.22. The lowest BCUT2D eigenvalue weighted by Gasteiger charge is -2.10. The van der Waals surface area contributed by atoms with Crippen LogP contribution in [0.15, 0.2) is 42.5 Å². The van der Waals surface area contributed by atoms with Crippen molar-refractivity contribution in [3.8, 4) is 0 Å². The van der Waals surface area contributed by atoms with Crippen molar-refractivity contribution < 1.29 is 9.90 Å². The normalized spacial score (nSPS) is 11.3. The highest BCUT2D eigenvalue weighted by molar-refractivity contribution is 6.07. The zero-order chi connectivity index (χ0) is 19.8. The number of aliphatic hydroxyl groups excluding tert-OH is 1. The molecule has 0 atom stereocenters. The summed E-state index contributed by atoms with van der Waals surface area (Å²) in [6, 6.07) is 13.5. The lowest BCUT2D eigenvalue weighted by molar-refractivity contribution is 0.102. The van der Waals surface area contributed by atoms with E-state index in [0.29, 0.717) is 23.5 Å². The summed E-state index contributed by atoms with van der Waals surface area (Å²) < 4.78 is 1.96. The smallest absolute Gasteiger partial charge is 0.257 e. The Hall–Kier alpha value is -3.25. The summed E-state index contributed by atoms with van der Waals surface area (Å²) in [5.41, 5.74) is 5.65. The number of hydrogen-bond donors (Lipinski definition) is 2. The van der Waals surface area contributed by atoms with Gasteiger partial charge in [-0.2, -0.15) is 0 Å². The summed E-state index contributed by atoms with van der Waals surface area (Å²) >= 11 is 0. The van der Waals surface area contributed by atoms with Crippen LogP contribution in [0.2, 0.25) is 0 Å². The molecule has 2 heterocycles. The van der Waals surface area contributed by atoms with Crippen LogP contribution in [-0.2, 0) is 6.54 Å². The van der Waals surface area contributed by atoms with Gasteiger partial charge in [-0.3, -0.25) is 9.78 Å². The number of amides is 1. The Morgan fingerprint density at radius 2 is 1.86 bits per heavy atom. The van der Waals surface area contributed by atoms with Gasteiger partial charge in [-0.25, -0.2) is 4.98 Å². The minimum Gasteiger partial charge on any atom is -0.395 e. The summed E-state index contributed by atoms with van der Waals surface area (Å²) in [4.78, 5) is 22.0. The van der Waals surface area contributed by atoms with E-state index in [1.165, 1.54) is 0 Å². The molecule has 6 nitrogen and oxygen atoms in total. The molecule has 0 saturated heterocycles. The van der Waals surface area contributed by atoms with Crippen LogP contribution in [0, 0.1) is 20.8 Å². The predicted octanol–water partition coefficient (Wildman–Crippen LogP) is 3.75. The maximum atomic E-state index is 12.9. The van der Waals surface area contributed by atoms with E-state index in [1.54, 1.807) is 0 Å². The average molecular weight is 374 g/mol. The molecule has 2 aromatic heterocycles. The molecule has 0 unspecified atom stereocenters. The molecular weight excluding hydrogens is 352 g/mol. The van der Waals surface area contributed by atoms with Crippen LogP contribution in [0.4, 0.5) is 5.69 Å². The molecule has 1 amide bonds. The lowest BCUT2D eigenvalue weighted by Crippen LogP contribution is -2.14. The predicted molar refractivity (Wildman–Crippen MR) is 111 cm³/mol. The van der Waals surface area contributed by atoms with Crippen LogP contribution in [0.25, 0.3) is 21.9 Å². The molecule has 6 heteroatoms. The standard InChI is InChI=1S/C22H22N4O2/c1-13-4-6-19-16(10-13)11-18(14(2)23-19)22(28)25-17-5-7-21-20(12-17)24-15(3)26(21)8-9-27/h4-7,10-12,27H,8-9H2,1-3H3,(H,25,28). The number of fused-ring (bicyclic) bond motifs is 2. The van der Waals surface area contributed by atoms with Crippen LogP contribution in [0.3, 0.4) is 0 Å². The first kappa shape index (κ1) is 18.1. The van der Waals surface area contributed by atoms with Crippen molar-refractivity contribution in [3.63, 3.8) is 0 Å². The molecule has 4 rings (SSSR count). The van der Waals surface area contributed by atoms with E-state index in [9.17, 15) is 9.90 Å². The van der Waals surface area contributed by atoms with Gasteiger partial charge in [-0.05, 0) is 57.2 Å². The van der Waals surface area contributed by atoms with Gasteiger partial charge >= 0.3 is 0 Å². The molecule has 2 N–H and O–H groups in total. The van der Waals surface area contributed by atoms with Crippen molar-refractivity contribution in [2.45, 2.75) is 27.3 Å². The SMILES string of the molecule is Cc1ccc2nc(C)c(C(=O)Nc3ccc4c(c3)nc(C)n4CCO)cc2c1. The number of aryl methyl sites for hydroxylation is 3. The zero-order valence-corrected chi connectivity index (χ0v) is 16.2. The Kier molecular flexibility index (Phi) is 4.57. The third-order valence-electron chi connectivity index (χ3n) is 4.93. The number of nitrogens with zero attached hydrogens (tertiary/aromatic N) is 3. The molecule has 0 aliphatic rings. The molecule has 0 aliphatic heterocycles. The minimum absolute atomic E-state index is 0.0541. The van der Waals surface area contributed by atoms with Crippen molar-refractivity contribution >= 4 is 33.5 Å². The number of rotatable bonds is 4. The fourth-order valence-corrected chi connectivity index (χ4v) is 3.53. The van der Waals surface area contributed by atoms with E-state index >= 15 is 0 Å². The molecule has 0 radical (unpaired) electrons. The molecule has 2 aromatic carbocycles. The monoisotopic (exact) mass is 374 g/mol. The zero-order valence-electron chi connectivity index (χ0n) is 16.2. The number of hydrogen-bond acceptors (Lipinski definition) is 4. The molecule has 0 spiro atoms. The molecule has 0 saturated carbocycles. The van der Waals surface area contributed by atoms with Gasteiger partial charge in [0.15, 0.2) is 0 Å². The van der Waals surface area contributed by atoms with Gasteiger partial charge in [0, 0.05) is 17.6 Å². The number of benzene rings is 2. The van der Waals surface area contributed by atoms with Gasteiger partial charge in [0.05, 0.1) is 34.4 Å². The maximum Gasteiger partial charge on any atom is 0.257 e. The summed E-state index contributed by atoms with van der Waals surface area (Å²) in [6.45, 7) is 6.32. The molecule has 0 fully saturated rings. The van der Waals surface area contributed by atoms with Gasteiger partial charge in [-0.15, -0.1) is 0 Å². The van der Waals surface area contributed by atoms with Crippen molar-refractivity contribution in [1.82, 2.24) is 14.5 Å².